The van der Waals surface area contributed by atoms with Crippen LogP contribution < -0.4 is 15.4 Å². The van der Waals surface area contributed by atoms with Crippen molar-refractivity contribution in [3.05, 3.63) is 0 Å². The zero-order valence-electron chi connectivity index (χ0n) is 16.1. The van der Waals surface area contributed by atoms with Crippen LogP contribution in [0, 0.1) is 0 Å². The fourth-order valence-electron chi connectivity index (χ4n) is 2.31. The monoisotopic (exact) mass is 363 g/mol. The van der Waals surface area contributed by atoms with Crippen LogP contribution in [0.15, 0.2) is 4.99 Å². The molecule has 0 fully saturated rings. The second kappa shape index (κ2) is 13.4. The molecule has 144 valence electrons. The molecule has 0 bridgehead atoms. The van der Waals surface area contributed by atoms with Crippen LogP contribution in [0.5, 0.6) is 0 Å². The lowest BCUT2D eigenvalue weighted by Gasteiger charge is -2.21. The van der Waals surface area contributed by atoms with Crippen molar-refractivity contribution in [2.75, 3.05) is 45.5 Å². The minimum Gasteiger partial charge on any atom is -0.357 e. The molecule has 0 aromatic rings. The number of nitrogens with zero attached hydrogens (tertiary/aromatic N) is 2. The van der Waals surface area contributed by atoms with Crippen LogP contribution in [0.2, 0.25) is 0 Å². The smallest absolute Gasteiger partial charge is 0.208 e. The molecule has 0 aliphatic carbocycles. The second-order valence-electron chi connectivity index (χ2n) is 6.00. The maximum Gasteiger partial charge on any atom is 0.208 e. The Hall–Kier alpha value is -0.860. The Balaban J connectivity index is 4.13. The number of rotatable bonds is 13. The predicted octanol–water partition coefficient (Wildman–Crippen LogP) is 0.991. The first-order valence-corrected chi connectivity index (χ1v) is 10.9. The fourth-order valence-corrected chi connectivity index (χ4v) is 2.83. The summed E-state index contributed by atoms with van der Waals surface area (Å²) in [7, 11) is -3.11. The second-order valence-corrected chi connectivity index (χ2v) is 7.83. The third-order valence-corrected chi connectivity index (χ3v) is 4.43. The van der Waals surface area contributed by atoms with Gasteiger partial charge in [-0.1, -0.05) is 13.8 Å². The Kier molecular flexibility index (Phi) is 13.0. The molecule has 0 saturated heterocycles. The van der Waals surface area contributed by atoms with Crippen molar-refractivity contribution >= 4 is 16.0 Å². The summed E-state index contributed by atoms with van der Waals surface area (Å²) in [5.41, 5.74) is 0. The molecule has 0 aliphatic rings. The van der Waals surface area contributed by atoms with Crippen LogP contribution in [0.1, 0.15) is 47.0 Å². The zero-order valence-corrected chi connectivity index (χ0v) is 16.9. The predicted molar refractivity (Wildman–Crippen MR) is 103 cm³/mol. The maximum atomic E-state index is 11.0. The van der Waals surface area contributed by atoms with E-state index < -0.39 is 10.0 Å². The van der Waals surface area contributed by atoms with Gasteiger partial charge in [0.2, 0.25) is 10.0 Å². The van der Waals surface area contributed by atoms with Crippen molar-refractivity contribution in [1.29, 1.82) is 0 Å². The SMILES string of the molecule is CCNC(=NCCCNS(C)(=O)=O)NC(C)CCCN(CC)CC. The molecule has 1 unspecified atom stereocenters. The Morgan fingerprint density at radius 1 is 1.17 bits per heavy atom. The minimum atomic E-state index is -3.11. The molecule has 3 N–H and O–H groups in total. The Morgan fingerprint density at radius 3 is 2.38 bits per heavy atom. The van der Waals surface area contributed by atoms with Crippen molar-refractivity contribution < 1.29 is 8.42 Å². The normalized spacial score (nSPS) is 14.0. The van der Waals surface area contributed by atoms with Crippen molar-refractivity contribution in [3.63, 3.8) is 0 Å². The highest BCUT2D eigenvalue weighted by molar-refractivity contribution is 7.88. The summed E-state index contributed by atoms with van der Waals surface area (Å²) >= 11 is 0. The van der Waals surface area contributed by atoms with Gasteiger partial charge in [-0.15, -0.1) is 0 Å². The lowest BCUT2D eigenvalue weighted by molar-refractivity contribution is 0.292. The number of hydrogen-bond donors (Lipinski definition) is 3. The van der Waals surface area contributed by atoms with Gasteiger partial charge in [-0.25, -0.2) is 13.1 Å². The standard InChI is InChI=1S/C16H37N5O2S/c1-6-17-16(18-12-10-13-19-24(5,22)23)20-15(4)11-9-14-21(7-2)8-3/h15,19H,6-14H2,1-5H3,(H2,17,18,20). The van der Waals surface area contributed by atoms with E-state index in [9.17, 15) is 8.42 Å². The number of nitrogens with one attached hydrogen (secondary N) is 3. The largest absolute Gasteiger partial charge is 0.357 e. The number of guanidine groups is 1. The molecular weight excluding hydrogens is 326 g/mol. The molecule has 24 heavy (non-hydrogen) atoms. The Morgan fingerprint density at radius 2 is 1.83 bits per heavy atom. The zero-order chi connectivity index (χ0) is 18.4. The molecule has 0 rings (SSSR count). The van der Waals surface area contributed by atoms with E-state index in [2.05, 4.69) is 46.0 Å². The molecule has 0 amide bonds. The average Bonchev–Trinajstić information content (AvgIpc) is 2.50. The van der Waals surface area contributed by atoms with E-state index in [0.717, 1.165) is 45.0 Å². The van der Waals surface area contributed by atoms with Crippen LogP contribution in [0.4, 0.5) is 0 Å². The van der Waals surface area contributed by atoms with Gasteiger partial charge in [0.25, 0.3) is 0 Å². The summed E-state index contributed by atoms with van der Waals surface area (Å²) in [5, 5.41) is 6.65. The molecule has 8 heteroatoms. The summed E-state index contributed by atoms with van der Waals surface area (Å²) in [4.78, 5) is 6.93. The molecule has 0 spiro atoms. The van der Waals surface area contributed by atoms with Crippen molar-refractivity contribution in [2.24, 2.45) is 4.99 Å². The van der Waals surface area contributed by atoms with Gasteiger partial charge in [-0.2, -0.15) is 0 Å². The Labute approximate surface area is 148 Å². The molecule has 1 atom stereocenters. The molecule has 0 aliphatic heterocycles. The topological polar surface area (TPSA) is 85.8 Å². The van der Waals surface area contributed by atoms with E-state index in [-0.39, 0.29) is 0 Å². The van der Waals surface area contributed by atoms with E-state index in [0.29, 0.717) is 25.6 Å². The molecule has 7 nitrogen and oxygen atoms in total. The summed E-state index contributed by atoms with van der Waals surface area (Å²) in [5.74, 6) is 0.798. The van der Waals surface area contributed by atoms with Crippen LogP contribution in [-0.4, -0.2) is 70.8 Å². The average molecular weight is 364 g/mol. The minimum absolute atomic E-state index is 0.354. The van der Waals surface area contributed by atoms with Gasteiger partial charge in [0, 0.05) is 25.7 Å². The van der Waals surface area contributed by atoms with Crippen LogP contribution in [0.25, 0.3) is 0 Å². The summed E-state index contributed by atoms with van der Waals surface area (Å²) in [6.45, 7) is 13.7. The fraction of sp³-hybridized carbons (Fsp3) is 0.938. The van der Waals surface area contributed by atoms with Crippen molar-refractivity contribution in [2.45, 2.75) is 53.0 Å². The van der Waals surface area contributed by atoms with Crippen molar-refractivity contribution in [3.8, 4) is 0 Å². The first-order valence-electron chi connectivity index (χ1n) is 9.04. The van der Waals surface area contributed by atoms with Gasteiger partial charge >= 0.3 is 0 Å². The van der Waals surface area contributed by atoms with Crippen LogP contribution >= 0.6 is 0 Å². The summed E-state index contributed by atoms with van der Waals surface area (Å²) in [6, 6.07) is 0.354. The first-order chi connectivity index (χ1) is 11.3. The van der Waals surface area contributed by atoms with Gasteiger partial charge in [0.15, 0.2) is 5.96 Å². The van der Waals surface area contributed by atoms with Gasteiger partial charge in [-0.05, 0) is 52.7 Å². The van der Waals surface area contributed by atoms with Gasteiger partial charge < -0.3 is 15.5 Å². The van der Waals surface area contributed by atoms with Gasteiger partial charge in [-0.3, -0.25) is 4.99 Å². The number of aliphatic imine (C=N–C) groups is 1. The van der Waals surface area contributed by atoms with E-state index in [1.54, 1.807) is 0 Å². The highest BCUT2D eigenvalue weighted by Crippen LogP contribution is 1.99. The molecule has 0 radical (unpaired) electrons. The third-order valence-electron chi connectivity index (χ3n) is 3.70. The lowest BCUT2D eigenvalue weighted by atomic mass is 10.2. The van der Waals surface area contributed by atoms with E-state index >= 15 is 0 Å². The van der Waals surface area contributed by atoms with Gasteiger partial charge in [0.05, 0.1) is 6.26 Å². The quantitative estimate of drug-likeness (QED) is 0.258. The van der Waals surface area contributed by atoms with Crippen LogP contribution in [0.3, 0.4) is 0 Å². The van der Waals surface area contributed by atoms with E-state index in [1.165, 1.54) is 6.26 Å². The lowest BCUT2D eigenvalue weighted by Crippen LogP contribution is -2.42. The molecular formula is C16H37N5O2S. The van der Waals surface area contributed by atoms with Crippen molar-refractivity contribution in [1.82, 2.24) is 20.3 Å². The Bertz CT molecular complexity index is 436. The molecule has 0 aromatic carbocycles. The molecule has 0 heterocycles. The highest BCUT2D eigenvalue weighted by atomic mass is 32.2. The summed E-state index contributed by atoms with van der Waals surface area (Å²) in [6.07, 6.45) is 4.10. The molecule has 0 aromatic heterocycles. The highest BCUT2D eigenvalue weighted by Gasteiger charge is 2.06. The van der Waals surface area contributed by atoms with Gasteiger partial charge in [0.1, 0.15) is 0 Å². The molecule has 0 saturated carbocycles. The summed E-state index contributed by atoms with van der Waals surface area (Å²) < 4.78 is 24.5. The number of hydrogen-bond acceptors (Lipinski definition) is 4. The first kappa shape index (κ1) is 23.1. The third kappa shape index (κ3) is 13.6. The van der Waals surface area contributed by atoms with E-state index in [1.807, 2.05) is 6.92 Å². The van der Waals surface area contributed by atoms with E-state index in [4.69, 9.17) is 0 Å². The maximum absolute atomic E-state index is 11.0. The van der Waals surface area contributed by atoms with Crippen LogP contribution in [-0.2, 0) is 10.0 Å². The number of sulfonamides is 1.